The number of hydrogen-bond donors (Lipinski definition) is 1. The molecule has 1 aliphatic carbocycles. The molecule has 0 unspecified atom stereocenters. The molecular weight excluding hydrogens is 420 g/mol. The average molecular weight is 451 g/mol. The lowest BCUT2D eigenvalue weighted by Crippen LogP contribution is -2.07. The normalized spacial score (nSPS) is 25.6. The summed E-state index contributed by atoms with van der Waals surface area (Å²) in [4.78, 5) is 8.16. The Bertz CT molecular complexity index is 1440. The van der Waals surface area contributed by atoms with Gasteiger partial charge in [0.15, 0.2) is 5.16 Å². The van der Waals surface area contributed by atoms with Crippen LogP contribution in [0.2, 0.25) is 0 Å². The van der Waals surface area contributed by atoms with Gasteiger partial charge in [0.25, 0.3) is 0 Å². The molecule has 0 amide bonds. The summed E-state index contributed by atoms with van der Waals surface area (Å²) >= 11 is 0.200. The largest absolute Gasteiger partial charge is 0.487 e. The Hall–Kier alpha value is -2.89. The highest BCUT2D eigenvalue weighted by Crippen LogP contribution is 2.35. The van der Waals surface area contributed by atoms with E-state index in [1.165, 1.54) is 23.2 Å². The maximum absolute atomic E-state index is 14.4. The van der Waals surface area contributed by atoms with E-state index < -0.39 is 54.5 Å². The van der Waals surface area contributed by atoms with Gasteiger partial charge < -0.3 is 9.84 Å². The minimum Gasteiger partial charge on any atom is -0.487 e. The first kappa shape index (κ1) is 12.8. The lowest BCUT2D eigenvalue weighted by atomic mass is 10.2. The van der Waals surface area contributed by atoms with Crippen molar-refractivity contribution in [2.45, 2.75) is 42.5 Å². The predicted molar refractivity (Wildman–Crippen MR) is 114 cm³/mol. The first-order valence-electron chi connectivity index (χ1n) is 13.4. The third kappa shape index (κ3) is 5.06. The molecule has 2 aromatic heterocycles. The molecule has 160 valence electrons. The summed E-state index contributed by atoms with van der Waals surface area (Å²) in [6.07, 6.45) is -9.34. The van der Waals surface area contributed by atoms with Crippen molar-refractivity contribution in [2.24, 2.45) is 0 Å². The molecule has 1 aromatic carbocycles. The fourth-order valence-corrected chi connectivity index (χ4v) is 3.50. The van der Waals surface area contributed by atoms with E-state index in [-0.39, 0.29) is 35.0 Å². The minimum absolute atomic E-state index is 0.199. The Labute approximate surface area is 196 Å². The van der Waals surface area contributed by atoms with Crippen LogP contribution in [0.25, 0.3) is 5.69 Å². The third-order valence-electron chi connectivity index (χ3n) is 4.01. The molecule has 1 aliphatic rings. The van der Waals surface area contributed by atoms with E-state index in [0.29, 0.717) is 5.69 Å². The smallest absolute Gasteiger partial charge is 0.173 e. The minimum atomic E-state index is -3.38. The summed E-state index contributed by atoms with van der Waals surface area (Å²) in [5.41, 5.74) is -0.0444. The molecular formula is C23H21F2N3O2S. The van der Waals surface area contributed by atoms with E-state index in [0.717, 1.165) is 12.1 Å². The quantitative estimate of drug-likeness (QED) is 0.560. The molecule has 8 heteroatoms. The van der Waals surface area contributed by atoms with Gasteiger partial charge in [-0.25, -0.2) is 13.8 Å². The van der Waals surface area contributed by atoms with Gasteiger partial charge >= 0.3 is 0 Å². The molecule has 0 spiro atoms. The molecule has 1 saturated carbocycles. The van der Waals surface area contributed by atoms with Crippen LogP contribution >= 0.6 is 11.8 Å². The maximum atomic E-state index is 14.4. The molecule has 31 heavy (non-hydrogen) atoms. The average Bonchev–Trinajstić information content (AvgIpc) is 3.30. The van der Waals surface area contributed by atoms with Crippen molar-refractivity contribution in [1.82, 2.24) is 14.5 Å². The SMILES string of the molecule is [2H]C1([2H])C([2H])([2H])C([2H])([2H])C([2H])(Sc2ncc(COc3cc(F)c(C#CCO)c(F)c3)n2-c2cccnc2)C1([2H])[2H]. The summed E-state index contributed by atoms with van der Waals surface area (Å²) in [5, 5.41) is 5.52. The number of aromatic nitrogens is 3. The monoisotopic (exact) mass is 450 g/mol. The summed E-state index contributed by atoms with van der Waals surface area (Å²) in [6, 6.07) is 4.88. The van der Waals surface area contributed by atoms with Crippen molar-refractivity contribution in [1.29, 1.82) is 0 Å². The second kappa shape index (κ2) is 9.94. The predicted octanol–water partition coefficient (Wildman–Crippen LogP) is 4.50. The number of hydrogen-bond acceptors (Lipinski definition) is 5. The zero-order valence-electron chi connectivity index (χ0n) is 24.8. The van der Waals surface area contributed by atoms with Crippen molar-refractivity contribution in [2.75, 3.05) is 6.61 Å². The van der Waals surface area contributed by atoms with Crippen LogP contribution < -0.4 is 4.74 Å². The first-order chi connectivity index (χ1) is 18.5. The number of rotatable bonds is 6. The Morgan fingerprint density at radius 2 is 2.06 bits per heavy atom. The fourth-order valence-electron chi connectivity index (χ4n) is 2.69. The van der Waals surface area contributed by atoms with Crippen LogP contribution in [0.5, 0.6) is 5.75 Å². The summed E-state index contributed by atoms with van der Waals surface area (Å²) in [7, 11) is 0. The topological polar surface area (TPSA) is 60.2 Å². The Balaban J connectivity index is 1.74. The maximum Gasteiger partial charge on any atom is 0.173 e. The van der Waals surface area contributed by atoms with Gasteiger partial charge in [-0.15, -0.1) is 0 Å². The van der Waals surface area contributed by atoms with E-state index in [1.807, 2.05) is 0 Å². The Morgan fingerprint density at radius 1 is 1.29 bits per heavy atom. The third-order valence-corrected chi connectivity index (χ3v) is 4.89. The number of nitrogens with zero attached hydrogens (tertiary/aromatic N) is 3. The lowest BCUT2D eigenvalue weighted by Gasteiger charge is -2.14. The summed E-state index contributed by atoms with van der Waals surface area (Å²) in [5.74, 6) is 2.04. The molecule has 0 bridgehead atoms. The number of aliphatic hydroxyl groups excluding tert-OH is 1. The van der Waals surface area contributed by atoms with Gasteiger partial charge in [-0.05, 0) is 24.9 Å². The van der Waals surface area contributed by atoms with Gasteiger partial charge in [0.05, 0.1) is 29.3 Å². The van der Waals surface area contributed by atoms with E-state index >= 15 is 0 Å². The molecule has 3 aromatic rings. The van der Waals surface area contributed by atoms with Gasteiger partial charge in [0.2, 0.25) is 0 Å². The van der Waals surface area contributed by atoms with Crippen molar-refractivity contribution >= 4 is 11.8 Å². The second-order valence-corrected chi connectivity index (χ2v) is 7.00. The Kier molecular flexibility index (Phi) is 4.12. The van der Waals surface area contributed by atoms with Gasteiger partial charge in [0.1, 0.15) is 30.6 Å². The second-order valence-electron chi connectivity index (χ2n) is 6.02. The molecule has 2 heterocycles. The number of pyridine rings is 1. The number of ether oxygens (including phenoxy) is 1. The van der Waals surface area contributed by atoms with E-state index in [9.17, 15) is 8.78 Å². The highest BCUT2D eigenvalue weighted by atomic mass is 32.2. The number of aliphatic hydroxyl groups is 1. The lowest BCUT2D eigenvalue weighted by molar-refractivity contribution is 0.295. The zero-order valence-corrected chi connectivity index (χ0v) is 16.6. The van der Waals surface area contributed by atoms with Crippen LogP contribution in [-0.4, -0.2) is 31.5 Å². The highest BCUT2D eigenvalue weighted by molar-refractivity contribution is 7.99. The van der Waals surface area contributed by atoms with Crippen molar-refractivity contribution in [3.05, 3.63) is 65.7 Å². The van der Waals surface area contributed by atoms with Crippen LogP contribution in [0.4, 0.5) is 8.78 Å². The van der Waals surface area contributed by atoms with Crippen LogP contribution in [0.1, 0.15) is 49.1 Å². The van der Waals surface area contributed by atoms with Gasteiger partial charge in [-0.2, -0.15) is 0 Å². The van der Waals surface area contributed by atoms with Crippen LogP contribution in [0, 0.1) is 23.5 Å². The number of thioether (sulfide) groups is 1. The van der Waals surface area contributed by atoms with Crippen LogP contribution in [-0.2, 0) is 6.61 Å². The van der Waals surface area contributed by atoms with Gasteiger partial charge in [0, 0.05) is 35.9 Å². The molecule has 0 radical (unpaired) electrons. The zero-order chi connectivity index (χ0) is 29.7. The molecule has 5 nitrogen and oxygen atoms in total. The fraction of sp³-hybridized carbons (Fsp3) is 0.304. The summed E-state index contributed by atoms with van der Waals surface area (Å²) < 4.78 is 110. The highest BCUT2D eigenvalue weighted by Gasteiger charge is 2.21. The van der Waals surface area contributed by atoms with E-state index in [1.54, 1.807) is 12.1 Å². The van der Waals surface area contributed by atoms with Crippen molar-refractivity contribution in [3.63, 3.8) is 0 Å². The Morgan fingerprint density at radius 3 is 2.74 bits per heavy atom. The van der Waals surface area contributed by atoms with Gasteiger partial charge in [-0.1, -0.05) is 36.3 Å². The van der Waals surface area contributed by atoms with Gasteiger partial charge in [-0.3, -0.25) is 9.55 Å². The first-order valence-corrected chi connectivity index (χ1v) is 9.73. The van der Waals surface area contributed by atoms with E-state index in [4.69, 9.17) is 22.2 Å². The summed E-state index contributed by atoms with van der Waals surface area (Å²) in [6.45, 7) is -0.955. The molecule has 0 aliphatic heterocycles. The molecule has 4 rings (SSSR count). The molecule has 1 N–H and O–H groups in total. The van der Waals surface area contributed by atoms with E-state index in [2.05, 4.69) is 21.8 Å². The molecule has 1 fully saturated rings. The number of imidazole rings is 1. The molecule has 0 atom stereocenters. The molecule has 0 saturated heterocycles. The van der Waals surface area contributed by atoms with Crippen LogP contribution in [0.3, 0.4) is 0 Å². The standard InChI is InChI=1S/C23H21F2N3O2S/c24-21-11-18(12-22(25)20(21)8-4-10-29)30-15-17-14-27-23(31-19-6-1-2-7-19)28(17)16-5-3-9-26-13-16/h3,5,9,11-14,19,29H,1-2,6-7,10,15H2/i1D2,2D2,6D2,7D2,19D. The van der Waals surface area contributed by atoms with Crippen LogP contribution in [0.15, 0.2) is 48.0 Å². The number of halogens is 2. The van der Waals surface area contributed by atoms with Crippen molar-refractivity contribution in [3.8, 4) is 23.3 Å². The van der Waals surface area contributed by atoms with Crippen molar-refractivity contribution < 1.29 is 31.0 Å². The number of benzene rings is 1.